The maximum atomic E-state index is 11.0. The zero-order valence-electron chi connectivity index (χ0n) is 8.39. The molecular weight excluding hydrogens is 154 g/mol. The van der Waals surface area contributed by atoms with Crippen molar-refractivity contribution >= 4 is 6.09 Å². The van der Waals surface area contributed by atoms with Crippen molar-refractivity contribution in [1.29, 1.82) is 0 Å². The van der Waals surface area contributed by atoms with Gasteiger partial charge in [-0.15, -0.1) is 0 Å². The second-order valence-electron chi connectivity index (χ2n) is 4.94. The highest BCUT2D eigenvalue weighted by Gasteiger charge is 2.47. The molecule has 0 unspecified atom stereocenters. The summed E-state index contributed by atoms with van der Waals surface area (Å²) in [5, 5.41) is 2.82. The summed E-state index contributed by atoms with van der Waals surface area (Å²) in [6.45, 7) is 10.1. The van der Waals surface area contributed by atoms with Gasteiger partial charge in [0.15, 0.2) is 0 Å². The van der Waals surface area contributed by atoms with Crippen molar-refractivity contribution in [3.05, 3.63) is 0 Å². The van der Waals surface area contributed by atoms with E-state index in [9.17, 15) is 4.79 Å². The molecule has 1 fully saturated rings. The van der Waals surface area contributed by atoms with Gasteiger partial charge in [-0.25, -0.2) is 4.79 Å². The van der Waals surface area contributed by atoms with Gasteiger partial charge >= 0.3 is 6.09 Å². The normalized spacial score (nSPS) is 28.1. The number of hydrogen-bond donors (Lipinski definition) is 1. The topological polar surface area (TPSA) is 38.3 Å². The van der Waals surface area contributed by atoms with Crippen molar-refractivity contribution < 1.29 is 9.53 Å². The number of nitrogens with one attached hydrogen (secondary N) is 1. The molecular formula is C9H17NO2. The average Bonchev–Trinajstić information content (AvgIpc) is 2.02. The lowest BCUT2D eigenvalue weighted by Crippen LogP contribution is -2.47. The Balaban J connectivity index is 2.86. The van der Waals surface area contributed by atoms with E-state index in [1.54, 1.807) is 0 Å². The van der Waals surface area contributed by atoms with Crippen LogP contribution < -0.4 is 5.32 Å². The highest BCUT2D eigenvalue weighted by atomic mass is 16.6. The molecule has 0 saturated carbocycles. The predicted molar refractivity (Wildman–Crippen MR) is 46.9 cm³/mol. The molecule has 3 nitrogen and oxygen atoms in total. The highest BCUT2D eigenvalue weighted by Crippen LogP contribution is 2.33. The lowest BCUT2D eigenvalue weighted by atomic mass is 9.78. The highest BCUT2D eigenvalue weighted by molar-refractivity contribution is 5.71. The van der Waals surface area contributed by atoms with Gasteiger partial charge in [-0.1, -0.05) is 20.8 Å². The average molecular weight is 171 g/mol. The number of cyclic esters (lactones) is 1. The van der Waals surface area contributed by atoms with Crippen molar-refractivity contribution in [2.75, 3.05) is 0 Å². The van der Waals surface area contributed by atoms with Crippen LogP contribution in [0.4, 0.5) is 4.79 Å². The predicted octanol–water partition coefficient (Wildman–Crippen LogP) is 1.92. The molecule has 0 radical (unpaired) electrons. The molecule has 1 heterocycles. The summed E-state index contributed by atoms with van der Waals surface area (Å²) >= 11 is 0. The number of rotatable bonds is 0. The van der Waals surface area contributed by atoms with E-state index in [0.29, 0.717) is 0 Å². The third-order valence-corrected chi connectivity index (χ3v) is 2.18. The Bertz CT molecular complexity index is 203. The molecule has 1 aliphatic rings. The Kier molecular flexibility index (Phi) is 1.85. The molecule has 0 spiro atoms. The van der Waals surface area contributed by atoms with E-state index in [4.69, 9.17) is 4.74 Å². The molecule has 1 saturated heterocycles. The lowest BCUT2D eigenvalue weighted by molar-refractivity contribution is 0.0415. The van der Waals surface area contributed by atoms with E-state index in [1.165, 1.54) is 0 Å². The standard InChI is InChI=1S/C9H17NO2/c1-8(2,3)6-9(4,5)12-7(11)10-6/h6H,1-5H3,(H,10,11)/t6-/m0/s1. The van der Waals surface area contributed by atoms with Gasteiger partial charge in [0.25, 0.3) is 0 Å². The Morgan fingerprint density at radius 1 is 1.42 bits per heavy atom. The number of amides is 1. The van der Waals surface area contributed by atoms with Crippen LogP contribution >= 0.6 is 0 Å². The van der Waals surface area contributed by atoms with Crippen LogP contribution in [0.1, 0.15) is 34.6 Å². The number of hydrogen-bond acceptors (Lipinski definition) is 2. The lowest BCUT2D eigenvalue weighted by Gasteiger charge is -2.34. The molecule has 0 bridgehead atoms. The van der Waals surface area contributed by atoms with Crippen LogP contribution in [0, 0.1) is 5.41 Å². The van der Waals surface area contributed by atoms with Crippen molar-refractivity contribution in [2.45, 2.75) is 46.3 Å². The van der Waals surface area contributed by atoms with Gasteiger partial charge in [-0.05, 0) is 19.3 Å². The summed E-state index contributed by atoms with van der Waals surface area (Å²) < 4.78 is 5.14. The monoisotopic (exact) mass is 171 g/mol. The first-order valence-corrected chi connectivity index (χ1v) is 4.23. The maximum Gasteiger partial charge on any atom is 0.408 e. The molecule has 1 atom stereocenters. The van der Waals surface area contributed by atoms with Crippen molar-refractivity contribution in [2.24, 2.45) is 5.41 Å². The quantitative estimate of drug-likeness (QED) is 0.604. The molecule has 0 aromatic rings. The maximum absolute atomic E-state index is 11.0. The van der Waals surface area contributed by atoms with Crippen molar-refractivity contribution in [3.8, 4) is 0 Å². The minimum absolute atomic E-state index is 0.0374. The molecule has 1 rings (SSSR count). The van der Waals surface area contributed by atoms with E-state index in [1.807, 2.05) is 13.8 Å². The summed E-state index contributed by atoms with van der Waals surface area (Å²) in [6, 6.07) is 0.0810. The first-order chi connectivity index (χ1) is 5.23. The van der Waals surface area contributed by atoms with Gasteiger partial charge in [0.05, 0.1) is 6.04 Å². The Hall–Kier alpha value is -0.730. The number of ether oxygens (including phenoxy) is 1. The van der Waals surface area contributed by atoms with Crippen LogP contribution in [0.5, 0.6) is 0 Å². The van der Waals surface area contributed by atoms with Gasteiger partial charge in [-0.2, -0.15) is 0 Å². The molecule has 3 heteroatoms. The second kappa shape index (κ2) is 2.38. The Morgan fingerprint density at radius 3 is 2.08 bits per heavy atom. The Labute approximate surface area is 73.5 Å². The third-order valence-electron chi connectivity index (χ3n) is 2.18. The largest absolute Gasteiger partial charge is 0.441 e. The summed E-state index contributed by atoms with van der Waals surface area (Å²) in [6.07, 6.45) is -0.306. The van der Waals surface area contributed by atoms with Crippen LogP contribution in [-0.4, -0.2) is 17.7 Å². The molecule has 70 valence electrons. The van der Waals surface area contributed by atoms with Crippen LogP contribution in [0.25, 0.3) is 0 Å². The van der Waals surface area contributed by atoms with Crippen LogP contribution in [0.15, 0.2) is 0 Å². The third kappa shape index (κ3) is 1.54. The summed E-state index contributed by atoms with van der Waals surface area (Å²) in [5.41, 5.74) is -0.356. The van der Waals surface area contributed by atoms with Gasteiger partial charge in [0.1, 0.15) is 5.60 Å². The number of carbonyl (C=O) groups excluding carboxylic acids is 1. The number of carbonyl (C=O) groups is 1. The fourth-order valence-corrected chi connectivity index (χ4v) is 1.88. The molecule has 0 aromatic carbocycles. The fourth-order valence-electron chi connectivity index (χ4n) is 1.88. The van der Waals surface area contributed by atoms with Crippen LogP contribution in [0.2, 0.25) is 0 Å². The van der Waals surface area contributed by atoms with E-state index in [2.05, 4.69) is 26.1 Å². The first-order valence-electron chi connectivity index (χ1n) is 4.23. The van der Waals surface area contributed by atoms with Crippen molar-refractivity contribution in [3.63, 3.8) is 0 Å². The van der Waals surface area contributed by atoms with Gasteiger partial charge in [0.2, 0.25) is 0 Å². The zero-order valence-corrected chi connectivity index (χ0v) is 8.39. The van der Waals surface area contributed by atoms with E-state index in [-0.39, 0.29) is 17.6 Å². The van der Waals surface area contributed by atoms with Gasteiger partial charge in [0, 0.05) is 0 Å². The summed E-state index contributed by atoms with van der Waals surface area (Å²) in [4.78, 5) is 11.0. The summed E-state index contributed by atoms with van der Waals surface area (Å²) in [7, 11) is 0. The molecule has 0 aliphatic carbocycles. The SMILES string of the molecule is CC(C)(C)[C@@H]1NC(=O)OC1(C)C. The van der Waals surface area contributed by atoms with E-state index >= 15 is 0 Å². The van der Waals surface area contributed by atoms with Gasteiger partial charge in [-0.3, -0.25) is 0 Å². The molecule has 1 aliphatic heterocycles. The minimum atomic E-state index is -0.394. The van der Waals surface area contributed by atoms with Crippen molar-refractivity contribution in [1.82, 2.24) is 5.32 Å². The van der Waals surface area contributed by atoms with Gasteiger partial charge < -0.3 is 10.1 Å². The smallest absolute Gasteiger partial charge is 0.408 e. The fraction of sp³-hybridized carbons (Fsp3) is 0.889. The minimum Gasteiger partial charge on any atom is -0.441 e. The molecule has 0 aromatic heterocycles. The number of alkyl carbamates (subject to hydrolysis) is 1. The van der Waals surface area contributed by atoms with Crippen LogP contribution in [-0.2, 0) is 4.74 Å². The molecule has 1 N–H and O–H groups in total. The summed E-state index contributed by atoms with van der Waals surface area (Å²) in [5.74, 6) is 0. The van der Waals surface area contributed by atoms with E-state index < -0.39 is 5.60 Å². The Morgan fingerprint density at radius 2 is 1.92 bits per heavy atom. The van der Waals surface area contributed by atoms with Crippen LogP contribution in [0.3, 0.4) is 0 Å². The molecule has 12 heavy (non-hydrogen) atoms. The first kappa shape index (κ1) is 9.36. The molecule has 1 amide bonds. The second-order valence-corrected chi connectivity index (χ2v) is 4.94. The van der Waals surface area contributed by atoms with E-state index in [0.717, 1.165) is 0 Å². The zero-order chi connectivity index (χ0) is 9.57.